The molecule has 2 heteroatoms. The second-order valence-electron chi connectivity index (χ2n) is 3.27. The molecule has 0 amide bonds. The first-order valence-corrected chi connectivity index (χ1v) is 9.35. The Hall–Kier alpha value is 0.133. The molecule has 2 aliphatic rings. The van der Waals surface area contributed by atoms with E-state index in [-0.39, 0.29) is 12.4 Å². The van der Waals surface area contributed by atoms with Crippen molar-refractivity contribution in [2.45, 2.75) is 17.5 Å². The zero-order valence-corrected chi connectivity index (χ0v) is 11.1. The summed E-state index contributed by atoms with van der Waals surface area (Å²) in [6.07, 6.45) is 16.1. The first kappa shape index (κ1) is 11.2. The van der Waals surface area contributed by atoms with E-state index >= 15 is 0 Å². The third-order valence-electron chi connectivity index (χ3n) is 2.51. The van der Waals surface area contributed by atoms with Crippen LogP contribution in [0.3, 0.4) is 0 Å². The van der Waals surface area contributed by atoms with E-state index in [9.17, 15) is 0 Å². The van der Waals surface area contributed by atoms with Gasteiger partial charge in [0, 0.05) is 0 Å². The average Bonchev–Trinajstić information content (AvgIpc) is 2.77. The van der Waals surface area contributed by atoms with E-state index in [0.717, 1.165) is 0 Å². The van der Waals surface area contributed by atoms with Crippen LogP contribution in [0.15, 0.2) is 43.0 Å². The van der Waals surface area contributed by atoms with Gasteiger partial charge >= 0.3 is 82.2 Å². The summed E-state index contributed by atoms with van der Waals surface area (Å²) in [6, 6.07) is 0. The van der Waals surface area contributed by atoms with Gasteiger partial charge in [0.05, 0.1) is 0 Å². The van der Waals surface area contributed by atoms with Gasteiger partial charge in [0.25, 0.3) is 0 Å². The van der Waals surface area contributed by atoms with Gasteiger partial charge in [0.15, 0.2) is 0 Å². The molecule has 0 radical (unpaired) electrons. The minimum atomic E-state index is -1.27. The van der Waals surface area contributed by atoms with Gasteiger partial charge in [-0.1, -0.05) is 0 Å². The quantitative estimate of drug-likeness (QED) is 0.718. The normalized spacial score (nSPS) is 18.2. The maximum atomic E-state index is 2.50. The molecular formula is C11H14ClZr. The Morgan fingerprint density at radius 2 is 1.46 bits per heavy atom. The second kappa shape index (κ2) is 5.12. The molecule has 0 N–H and O–H groups in total. The number of hydrogen-bond donors (Lipinski definition) is 0. The van der Waals surface area contributed by atoms with Crippen LogP contribution in [-0.2, 0) is 21.8 Å². The fraction of sp³-hybridized carbons (Fsp3) is 0.273. The predicted octanol–water partition coefficient (Wildman–Crippen LogP) is 3.76. The third kappa shape index (κ3) is 2.54. The molecule has 0 nitrogen and oxygen atoms in total. The molecule has 0 saturated carbocycles. The summed E-state index contributed by atoms with van der Waals surface area (Å²) >= 11 is -1.27. The van der Waals surface area contributed by atoms with Crippen LogP contribution in [0.4, 0.5) is 0 Å². The van der Waals surface area contributed by atoms with Gasteiger partial charge in [-0.15, -0.1) is 12.4 Å². The van der Waals surface area contributed by atoms with Crippen LogP contribution in [0.1, 0.15) is 12.8 Å². The summed E-state index contributed by atoms with van der Waals surface area (Å²) in [7, 11) is 0. The summed E-state index contributed by atoms with van der Waals surface area (Å²) in [5.74, 6) is 0. The van der Waals surface area contributed by atoms with Gasteiger partial charge in [-0.25, -0.2) is 0 Å². The zero-order valence-electron chi connectivity index (χ0n) is 7.79. The zero-order chi connectivity index (χ0) is 8.39. The van der Waals surface area contributed by atoms with Gasteiger partial charge < -0.3 is 0 Å². The Kier molecular flexibility index (Phi) is 4.42. The molecule has 0 aromatic rings. The standard InChI is InChI=1S/2C5H5.CH3.ClH.Zr/c2*1-2-4-5-3-1;;;/h2*1-3H,4H2;1H3;1H;. The van der Waals surface area contributed by atoms with Crippen molar-refractivity contribution in [1.29, 1.82) is 0 Å². The summed E-state index contributed by atoms with van der Waals surface area (Å²) in [6.45, 7) is 0. The van der Waals surface area contributed by atoms with Gasteiger partial charge in [0.1, 0.15) is 0 Å². The van der Waals surface area contributed by atoms with Crippen LogP contribution in [0, 0.1) is 0 Å². The molecule has 0 saturated heterocycles. The first-order valence-electron chi connectivity index (χ1n) is 4.43. The summed E-state index contributed by atoms with van der Waals surface area (Å²) in [5, 5.41) is 0. The second-order valence-corrected chi connectivity index (χ2v) is 9.50. The number of halogens is 1. The fourth-order valence-electron chi connectivity index (χ4n) is 1.66. The van der Waals surface area contributed by atoms with Crippen LogP contribution in [-0.4, -0.2) is 0 Å². The van der Waals surface area contributed by atoms with E-state index in [1.165, 1.54) is 12.8 Å². The van der Waals surface area contributed by atoms with Crippen molar-refractivity contribution in [1.82, 2.24) is 0 Å². The SMILES string of the molecule is Cl.[CH3][Zr]([C]1=CC=CC1)[C]1=CC=CC1. The van der Waals surface area contributed by atoms with E-state index in [2.05, 4.69) is 41.1 Å². The number of allylic oxidation sites excluding steroid dienone is 8. The fourth-order valence-corrected chi connectivity index (χ4v) is 6.46. The van der Waals surface area contributed by atoms with Crippen LogP contribution in [0.5, 0.6) is 0 Å². The van der Waals surface area contributed by atoms with Gasteiger partial charge in [-0.2, -0.15) is 0 Å². The van der Waals surface area contributed by atoms with Crippen molar-refractivity contribution < 1.29 is 21.8 Å². The van der Waals surface area contributed by atoms with Crippen molar-refractivity contribution in [3.05, 3.63) is 43.0 Å². The first-order chi connectivity index (χ1) is 5.88. The van der Waals surface area contributed by atoms with Crippen molar-refractivity contribution in [2.24, 2.45) is 0 Å². The minimum absolute atomic E-state index is 0. The molecule has 69 valence electrons. The Bertz CT molecular complexity index is 267. The molecule has 2 rings (SSSR count). The molecule has 0 bridgehead atoms. The van der Waals surface area contributed by atoms with Gasteiger partial charge in [0.2, 0.25) is 0 Å². The van der Waals surface area contributed by atoms with Crippen molar-refractivity contribution in [3.63, 3.8) is 0 Å². The Morgan fingerprint density at radius 1 is 1.00 bits per heavy atom. The monoisotopic (exact) mass is 271 g/mol. The summed E-state index contributed by atoms with van der Waals surface area (Å²) in [4.78, 5) is 0. The van der Waals surface area contributed by atoms with E-state index in [1.54, 1.807) is 6.56 Å². The molecule has 0 atom stereocenters. The maximum absolute atomic E-state index is 2.50. The van der Waals surface area contributed by atoms with Crippen LogP contribution < -0.4 is 0 Å². The molecule has 0 unspecified atom stereocenters. The van der Waals surface area contributed by atoms with E-state index in [1.807, 2.05) is 0 Å². The Balaban J connectivity index is 0.000000845. The van der Waals surface area contributed by atoms with Gasteiger partial charge in [-0.3, -0.25) is 0 Å². The van der Waals surface area contributed by atoms with Crippen LogP contribution >= 0.6 is 12.4 Å². The van der Waals surface area contributed by atoms with E-state index < -0.39 is 21.8 Å². The molecular weight excluding hydrogens is 259 g/mol. The molecule has 2 aliphatic carbocycles. The topological polar surface area (TPSA) is 0 Å². The van der Waals surface area contributed by atoms with E-state index in [4.69, 9.17) is 0 Å². The third-order valence-corrected chi connectivity index (χ3v) is 9.06. The van der Waals surface area contributed by atoms with Crippen molar-refractivity contribution in [3.8, 4) is 0 Å². The van der Waals surface area contributed by atoms with E-state index in [0.29, 0.717) is 0 Å². The molecule has 0 fully saturated rings. The molecule has 13 heavy (non-hydrogen) atoms. The molecule has 0 aliphatic heterocycles. The van der Waals surface area contributed by atoms with Crippen LogP contribution in [0.25, 0.3) is 0 Å². The average molecular weight is 273 g/mol. The van der Waals surface area contributed by atoms with Gasteiger partial charge in [-0.05, 0) is 0 Å². The van der Waals surface area contributed by atoms with Crippen molar-refractivity contribution in [2.75, 3.05) is 0 Å². The summed E-state index contributed by atoms with van der Waals surface area (Å²) in [5.41, 5.74) is 0. The number of rotatable bonds is 2. The summed E-state index contributed by atoms with van der Waals surface area (Å²) < 4.78 is 6.01. The van der Waals surface area contributed by atoms with Crippen molar-refractivity contribution >= 4 is 12.4 Å². The Labute approximate surface area is 94.2 Å². The molecule has 0 spiro atoms. The Morgan fingerprint density at radius 3 is 1.77 bits per heavy atom. The predicted molar refractivity (Wildman–Crippen MR) is 56.8 cm³/mol. The molecule has 0 heterocycles. The number of hydrogen-bond acceptors (Lipinski definition) is 0. The van der Waals surface area contributed by atoms with Crippen LogP contribution in [0.2, 0.25) is 4.63 Å². The molecule has 0 aromatic heterocycles. The molecule has 0 aromatic carbocycles.